The summed E-state index contributed by atoms with van der Waals surface area (Å²) in [5.74, 6) is 3.24. The quantitative estimate of drug-likeness (QED) is 0.403. The van der Waals surface area contributed by atoms with Crippen LogP contribution in [0.15, 0.2) is 23.1 Å². The molecule has 1 saturated heterocycles. The molecule has 30 heavy (non-hydrogen) atoms. The van der Waals surface area contributed by atoms with Crippen molar-refractivity contribution in [1.29, 1.82) is 0 Å². The number of hydrogen-bond acceptors (Lipinski definition) is 6. The number of anilines is 1. The normalized spacial score (nSPS) is 23.1. The van der Waals surface area contributed by atoms with Crippen molar-refractivity contribution in [1.82, 2.24) is 9.62 Å². The van der Waals surface area contributed by atoms with Crippen LogP contribution >= 0.6 is 0 Å². The summed E-state index contributed by atoms with van der Waals surface area (Å²) in [4.78, 5) is 15.3. The van der Waals surface area contributed by atoms with Crippen molar-refractivity contribution < 1.29 is 13.3 Å². The van der Waals surface area contributed by atoms with Crippen molar-refractivity contribution in [3.63, 3.8) is 0 Å². The second-order valence-corrected chi connectivity index (χ2v) is 9.98. The molecule has 0 spiro atoms. The van der Waals surface area contributed by atoms with E-state index < -0.39 is 14.9 Å². The predicted octanol–water partition coefficient (Wildman–Crippen LogP) is 2.60. The minimum atomic E-state index is -3.80. The smallest absolute Gasteiger partial charge is 0.293 e. The van der Waals surface area contributed by atoms with Crippen LogP contribution in [0.3, 0.4) is 0 Å². The molecule has 0 aromatic heterocycles. The van der Waals surface area contributed by atoms with E-state index in [1.54, 1.807) is 6.07 Å². The van der Waals surface area contributed by atoms with Gasteiger partial charge in [-0.3, -0.25) is 15.0 Å². The number of rotatable bonds is 7. The molecule has 0 bridgehead atoms. The highest BCUT2D eigenvalue weighted by Gasteiger charge is 2.28. The molecule has 0 atom stereocenters. The Morgan fingerprint density at radius 3 is 2.47 bits per heavy atom. The van der Waals surface area contributed by atoms with Crippen LogP contribution in [0.1, 0.15) is 39.0 Å². The molecule has 9 heteroatoms. The highest BCUT2D eigenvalue weighted by Crippen LogP contribution is 2.32. The third kappa shape index (κ3) is 5.50. The SMILES string of the molecule is C#CCCN1CCN(c2ccc(S(=O)(=O)NC3CCC(C)CC3)cc2[N+](=O)[O-])CC1. The van der Waals surface area contributed by atoms with E-state index in [4.69, 9.17) is 6.42 Å². The maximum atomic E-state index is 12.8. The number of nitro benzene ring substituents is 1. The van der Waals surface area contributed by atoms with E-state index in [9.17, 15) is 18.5 Å². The van der Waals surface area contributed by atoms with E-state index >= 15 is 0 Å². The van der Waals surface area contributed by atoms with E-state index in [1.165, 1.54) is 12.1 Å². The molecular formula is C21H30N4O4S. The first-order valence-electron chi connectivity index (χ1n) is 10.5. The van der Waals surface area contributed by atoms with Crippen LogP contribution in [-0.4, -0.2) is 57.0 Å². The van der Waals surface area contributed by atoms with Gasteiger partial charge in [0.2, 0.25) is 10.0 Å². The van der Waals surface area contributed by atoms with Crippen molar-refractivity contribution in [3.05, 3.63) is 28.3 Å². The van der Waals surface area contributed by atoms with Gasteiger partial charge in [0.15, 0.2) is 0 Å². The number of terminal acetylenes is 1. The summed E-state index contributed by atoms with van der Waals surface area (Å²) >= 11 is 0. The third-order valence-corrected chi connectivity index (χ3v) is 7.60. The van der Waals surface area contributed by atoms with Crippen molar-refractivity contribution in [3.8, 4) is 12.3 Å². The zero-order valence-electron chi connectivity index (χ0n) is 17.4. The number of benzene rings is 1. The maximum absolute atomic E-state index is 12.8. The van der Waals surface area contributed by atoms with Crippen LogP contribution in [-0.2, 0) is 10.0 Å². The van der Waals surface area contributed by atoms with Crippen LogP contribution in [0.4, 0.5) is 11.4 Å². The topological polar surface area (TPSA) is 95.8 Å². The van der Waals surface area contributed by atoms with Crippen molar-refractivity contribution in [2.75, 3.05) is 37.6 Å². The molecule has 3 rings (SSSR count). The van der Waals surface area contributed by atoms with Gasteiger partial charge in [-0.2, -0.15) is 0 Å². The third-order valence-electron chi connectivity index (χ3n) is 6.08. The van der Waals surface area contributed by atoms with Gasteiger partial charge in [-0.05, 0) is 43.7 Å². The fourth-order valence-electron chi connectivity index (χ4n) is 4.18. The van der Waals surface area contributed by atoms with Crippen LogP contribution in [0.2, 0.25) is 0 Å². The monoisotopic (exact) mass is 434 g/mol. The maximum Gasteiger partial charge on any atom is 0.293 e. The summed E-state index contributed by atoms with van der Waals surface area (Å²) < 4.78 is 28.4. The first kappa shape index (κ1) is 22.5. The number of sulfonamides is 1. The van der Waals surface area contributed by atoms with Crippen molar-refractivity contribution in [2.45, 2.75) is 50.0 Å². The fraction of sp³-hybridized carbons (Fsp3) is 0.619. The molecule has 2 fully saturated rings. The molecule has 164 valence electrons. The summed E-state index contributed by atoms with van der Waals surface area (Å²) in [5.41, 5.74) is 0.286. The molecule has 1 aliphatic heterocycles. The second-order valence-electron chi connectivity index (χ2n) is 8.27. The zero-order chi connectivity index (χ0) is 21.7. The van der Waals surface area contributed by atoms with Crippen molar-refractivity contribution >= 4 is 21.4 Å². The number of piperazine rings is 1. The van der Waals surface area contributed by atoms with Crippen LogP contribution in [0.5, 0.6) is 0 Å². The Morgan fingerprint density at radius 2 is 1.87 bits per heavy atom. The number of nitrogens with zero attached hydrogens (tertiary/aromatic N) is 3. The van der Waals surface area contributed by atoms with Gasteiger partial charge in [0.05, 0.1) is 9.82 Å². The van der Waals surface area contributed by atoms with Gasteiger partial charge < -0.3 is 4.90 Å². The Labute approximate surface area is 178 Å². The zero-order valence-corrected chi connectivity index (χ0v) is 18.2. The number of nitro groups is 1. The van der Waals surface area contributed by atoms with E-state index in [0.29, 0.717) is 31.1 Å². The Bertz CT molecular complexity index is 896. The van der Waals surface area contributed by atoms with Crippen LogP contribution in [0, 0.1) is 28.4 Å². The summed E-state index contributed by atoms with van der Waals surface area (Å²) in [6.07, 6.45) is 9.56. The van der Waals surface area contributed by atoms with E-state index in [2.05, 4.69) is 22.5 Å². The minimum Gasteiger partial charge on any atom is -0.363 e. The van der Waals surface area contributed by atoms with Gasteiger partial charge in [-0.25, -0.2) is 13.1 Å². The van der Waals surface area contributed by atoms with Gasteiger partial charge in [0.25, 0.3) is 5.69 Å². The van der Waals surface area contributed by atoms with Gasteiger partial charge >= 0.3 is 0 Å². The first-order chi connectivity index (χ1) is 14.3. The lowest BCUT2D eigenvalue weighted by molar-refractivity contribution is -0.384. The molecule has 0 unspecified atom stereocenters. The molecule has 8 nitrogen and oxygen atoms in total. The molecule has 2 aliphatic rings. The highest BCUT2D eigenvalue weighted by atomic mass is 32.2. The lowest BCUT2D eigenvalue weighted by Gasteiger charge is -2.35. The number of nitrogens with one attached hydrogen (secondary N) is 1. The standard InChI is InChI=1S/C21H30N4O4S/c1-3-4-11-23-12-14-24(15-13-23)20-10-9-19(16-21(20)25(26)27)30(28,29)22-18-7-5-17(2)6-8-18/h1,9-10,16-18,22H,4-8,11-15H2,2H3. The molecular weight excluding hydrogens is 404 g/mol. The fourth-order valence-corrected chi connectivity index (χ4v) is 5.51. The molecule has 0 radical (unpaired) electrons. The average Bonchev–Trinajstić information content (AvgIpc) is 2.73. The summed E-state index contributed by atoms with van der Waals surface area (Å²) in [5, 5.41) is 11.7. The Morgan fingerprint density at radius 1 is 1.20 bits per heavy atom. The summed E-state index contributed by atoms with van der Waals surface area (Å²) in [6.45, 7) is 5.78. The molecule has 1 aliphatic carbocycles. The second kappa shape index (κ2) is 9.77. The lowest BCUT2D eigenvalue weighted by atomic mass is 9.88. The lowest BCUT2D eigenvalue weighted by Crippen LogP contribution is -2.46. The van der Waals surface area contributed by atoms with E-state index in [-0.39, 0.29) is 16.6 Å². The van der Waals surface area contributed by atoms with Gasteiger partial charge in [-0.1, -0.05) is 6.92 Å². The summed E-state index contributed by atoms with van der Waals surface area (Å²) in [7, 11) is -3.80. The highest BCUT2D eigenvalue weighted by molar-refractivity contribution is 7.89. The van der Waals surface area contributed by atoms with Crippen molar-refractivity contribution in [2.24, 2.45) is 5.92 Å². The minimum absolute atomic E-state index is 0.0516. The summed E-state index contributed by atoms with van der Waals surface area (Å²) in [6, 6.07) is 4.11. The molecule has 0 amide bonds. The Hall–Kier alpha value is -2.15. The largest absolute Gasteiger partial charge is 0.363 e. The first-order valence-corrected chi connectivity index (χ1v) is 12.0. The predicted molar refractivity (Wildman–Crippen MR) is 117 cm³/mol. The van der Waals surface area contributed by atoms with Crippen LogP contribution < -0.4 is 9.62 Å². The van der Waals surface area contributed by atoms with Gasteiger partial charge in [0.1, 0.15) is 5.69 Å². The van der Waals surface area contributed by atoms with Gasteiger partial charge in [-0.15, -0.1) is 12.3 Å². The molecule has 1 heterocycles. The molecule has 1 N–H and O–H groups in total. The Kier molecular flexibility index (Phi) is 7.34. The van der Waals surface area contributed by atoms with Crippen LogP contribution in [0.25, 0.3) is 0 Å². The number of hydrogen-bond donors (Lipinski definition) is 1. The average molecular weight is 435 g/mol. The Balaban J connectivity index is 1.74. The molecule has 1 aromatic carbocycles. The van der Waals surface area contributed by atoms with E-state index in [1.807, 2.05) is 4.90 Å². The van der Waals surface area contributed by atoms with Gasteiger partial charge in [0, 0.05) is 51.3 Å². The molecule has 1 saturated carbocycles. The molecule has 1 aromatic rings. The van der Waals surface area contributed by atoms with E-state index in [0.717, 1.165) is 45.3 Å².